The third kappa shape index (κ3) is 3.33. The van der Waals surface area contributed by atoms with Crippen LogP contribution in [0.4, 0.5) is 0 Å². The zero-order valence-electron chi connectivity index (χ0n) is 13.8. The number of hydrogen-bond donors (Lipinski definition) is 1. The van der Waals surface area contributed by atoms with Crippen molar-refractivity contribution in [3.05, 3.63) is 28.5 Å². The fraction of sp³-hybridized carbons (Fsp3) is 0.529. The van der Waals surface area contributed by atoms with Crippen LogP contribution in [0.1, 0.15) is 40.9 Å². The molecule has 1 atom stereocenters. The molecule has 0 aliphatic carbocycles. The summed E-state index contributed by atoms with van der Waals surface area (Å²) in [6.45, 7) is 7.39. The SMILES string of the molecule is Cc1ccc(-c2nc(C)c(C(=O)N3CCC(C(C)N)CC3)s2)o1. The maximum atomic E-state index is 12.8. The predicted octanol–water partition coefficient (Wildman–Crippen LogP) is 3.22. The molecule has 3 heterocycles. The molecule has 0 spiro atoms. The van der Waals surface area contributed by atoms with Crippen LogP contribution in [0.2, 0.25) is 0 Å². The van der Waals surface area contributed by atoms with Gasteiger partial charge in [-0.15, -0.1) is 11.3 Å². The van der Waals surface area contributed by atoms with Crippen molar-refractivity contribution in [3.8, 4) is 10.8 Å². The average Bonchev–Trinajstić information content (AvgIpc) is 3.12. The van der Waals surface area contributed by atoms with Crippen LogP contribution in [-0.2, 0) is 0 Å². The van der Waals surface area contributed by atoms with Crippen molar-refractivity contribution in [2.45, 2.75) is 39.7 Å². The van der Waals surface area contributed by atoms with Crippen molar-refractivity contribution < 1.29 is 9.21 Å². The lowest BCUT2D eigenvalue weighted by molar-refractivity contribution is 0.0685. The summed E-state index contributed by atoms with van der Waals surface area (Å²) in [4.78, 5) is 19.9. The molecule has 1 amide bonds. The van der Waals surface area contributed by atoms with Gasteiger partial charge in [0.15, 0.2) is 10.8 Å². The molecule has 124 valence electrons. The van der Waals surface area contributed by atoms with E-state index in [1.54, 1.807) is 0 Å². The summed E-state index contributed by atoms with van der Waals surface area (Å²) < 4.78 is 5.61. The lowest BCUT2D eigenvalue weighted by Gasteiger charge is -2.33. The van der Waals surface area contributed by atoms with Crippen molar-refractivity contribution in [1.29, 1.82) is 0 Å². The van der Waals surface area contributed by atoms with Crippen LogP contribution in [0.3, 0.4) is 0 Å². The number of aryl methyl sites for hydroxylation is 2. The number of carbonyl (C=O) groups excluding carboxylic acids is 1. The van der Waals surface area contributed by atoms with E-state index in [1.807, 2.05) is 37.8 Å². The highest BCUT2D eigenvalue weighted by atomic mass is 32.1. The number of piperidine rings is 1. The molecule has 3 rings (SSSR count). The second-order valence-electron chi connectivity index (χ2n) is 6.33. The third-order valence-electron chi connectivity index (χ3n) is 4.51. The molecule has 6 heteroatoms. The minimum Gasteiger partial charge on any atom is -0.459 e. The van der Waals surface area contributed by atoms with Gasteiger partial charge < -0.3 is 15.1 Å². The Balaban J connectivity index is 1.74. The highest BCUT2D eigenvalue weighted by molar-refractivity contribution is 7.17. The average molecular weight is 333 g/mol. The summed E-state index contributed by atoms with van der Waals surface area (Å²) >= 11 is 1.41. The van der Waals surface area contributed by atoms with Gasteiger partial charge >= 0.3 is 0 Å². The number of likely N-dealkylation sites (tertiary alicyclic amines) is 1. The van der Waals surface area contributed by atoms with E-state index in [-0.39, 0.29) is 11.9 Å². The van der Waals surface area contributed by atoms with Crippen LogP contribution in [0.25, 0.3) is 10.8 Å². The standard InChI is InChI=1S/C17H23N3O2S/c1-10-4-5-14(22-10)16-19-12(3)15(23-16)17(21)20-8-6-13(7-9-20)11(2)18/h4-5,11,13H,6-9,18H2,1-3H3. The highest BCUT2D eigenvalue weighted by Gasteiger charge is 2.28. The van der Waals surface area contributed by atoms with Gasteiger partial charge in [0.05, 0.1) is 5.69 Å². The van der Waals surface area contributed by atoms with E-state index >= 15 is 0 Å². The molecule has 2 N–H and O–H groups in total. The van der Waals surface area contributed by atoms with E-state index in [4.69, 9.17) is 10.2 Å². The van der Waals surface area contributed by atoms with Gasteiger partial charge in [0.25, 0.3) is 5.91 Å². The molecule has 1 fully saturated rings. The molecule has 1 aliphatic rings. The van der Waals surface area contributed by atoms with Gasteiger partial charge in [0, 0.05) is 19.1 Å². The summed E-state index contributed by atoms with van der Waals surface area (Å²) in [7, 11) is 0. The van der Waals surface area contributed by atoms with E-state index in [9.17, 15) is 4.79 Å². The van der Waals surface area contributed by atoms with Gasteiger partial charge in [0.1, 0.15) is 10.6 Å². The molecule has 1 aliphatic heterocycles. The summed E-state index contributed by atoms with van der Waals surface area (Å²) in [5.41, 5.74) is 6.75. The van der Waals surface area contributed by atoms with Crippen molar-refractivity contribution in [2.24, 2.45) is 11.7 Å². The number of nitrogens with zero attached hydrogens (tertiary/aromatic N) is 2. The first-order chi connectivity index (χ1) is 11.0. The topological polar surface area (TPSA) is 72.4 Å². The molecule has 5 nitrogen and oxygen atoms in total. The monoisotopic (exact) mass is 333 g/mol. The molecule has 2 aromatic heterocycles. The number of thiazole rings is 1. The quantitative estimate of drug-likeness (QED) is 0.936. The molecule has 2 aromatic rings. The molecular weight excluding hydrogens is 310 g/mol. The van der Waals surface area contributed by atoms with E-state index in [1.165, 1.54) is 11.3 Å². The fourth-order valence-electron chi connectivity index (χ4n) is 3.02. The molecular formula is C17H23N3O2S. The number of rotatable bonds is 3. The molecule has 1 unspecified atom stereocenters. The van der Waals surface area contributed by atoms with Crippen molar-refractivity contribution >= 4 is 17.2 Å². The van der Waals surface area contributed by atoms with Crippen molar-refractivity contribution in [1.82, 2.24) is 9.88 Å². The first kappa shape index (κ1) is 16.2. The van der Waals surface area contributed by atoms with Crippen LogP contribution < -0.4 is 5.73 Å². The minimum absolute atomic E-state index is 0.0812. The van der Waals surface area contributed by atoms with Crippen LogP contribution >= 0.6 is 11.3 Å². The largest absolute Gasteiger partial charge is 0.459 e. The normalized spacial score (nSPS) is 17.5. The number of hydrogen-bond acceptors (Lipinski definition) is 5. The lowest BCUT2D eigenvalue weighted by atomic mass is 9.91. The van der Waals surface area contributed by atoms with Gasteiger partial charge in [-0.3, -0.25) is 4.79 Å². The van der Waals surface area contributed by atoms with Crippen molar-refractivity contribution in [2.75, 3.05) is 13.1 Å². The summed E-state index contributed by atoms with van der Waals surface area (Å²) in [5.74, 6) is 2.17. The number of nitrogens with two attached hydrogens (primary N) is 1. The first-order valence-corrected chi connectivity index (χ1v) is 8.86. The highest BCUT2D eigenvalue weighted by Crippen LogP contribution is 2.31. The van der Waals surface area contributed by atoms with Gasteiger partial charge in [-0.05, 0) is 51.7 Å². The van der Waals surface area contributed by atoms with Crippen LogP contribution in [0.15, 0.2) is 16.5 Å². The van der Waals surface area contributed by atoms with E-state index in [0.717, 1.165) is 48.2 Å². The molecule has 0 aromatic carbocycles. The Morgan fingerprint density at radius 1 is 1.39 bits per heavy atom. The Kier molecular flexibility index (Phi) is 4.55. The Morgan fingerprint density at radius 3 is 2.65 bits per heavy atom. The van der Waals surface area contributed by atoms with E-state index in [2.05, 4.69) is 4.98 Å². The molecule has 0 saturated carbocycles. The number of carbonyl (C=O) groups is 1. The maximum absolute atomic E-state index is 12.8. The zero-order valence-corrected chi connectivity index (χ0v) is 14.7. The summed E-state index contributed by atoms with van der Waals surface area (Å²) in [5, 5.41) is 0.768. The predicted molar refractivity (Wildman–Crippen MR) is 91.6 cm³/mol. The summed E-state index contributed by atoms with van der Waals surface area (Å²) in [6.07, 6.45) is 1.96. The molecule has 23 heavy (non-hydrogen) atoms. The minimum atomic E-state index is 0.0812. The van der Waals surface area contributed by atoms with Crippen LogP contribution in [0, 0.1) is 19.8 Å². The smallest absolute Gasteiger partial charge is 0.265 e. The van der Waals surface area contributed by atoms with Crippen molar-refractivity contribution in [3.63, 3.8) is 0 Å². The molecule has 0 bridgehead atoms. The molecule has 0 radical (unpaired) electrons. The van der Waals surface area contributed by atoms with Gasteiger partial charge in [-0.25, -0.2) is 4.98 Å². The Hall–Kier alpha value is -1.66. The number of amides is 1. The van der Waals surface area contributed by atoms with Crippen LogP contribution in [-0.4, -0.2) is 34.9 Å². The Morgan fingerprint density at radius 2 is 2.09 bits per heavy atom. The van der Waals surface area contributed by atoms with Gasteiger partial charge in [-0.2, -0.15) is 0 Å². The zero-order chi connectivity index (χ0) is 16.6. The molecule has 1 saturated heterocycles. The van der Waals surface area contributed by atoms with Gasteiger partial charge in [0.2, 0.25) is 0 Å². The first-order valence-electron chi connectivity index (χ1n) is 8.05. The second kappa shape index (κ2) is 6.45. The second-order valence-corrected chi connectivity index (χ2v) is 7.33. The fourth-order valence-corrected chi connectivity index (χ4v) is 4.02. The summed E-state index contributed by atoms with van der Waals surface area (Å²) in [6, 6.07) is 4.01. The number of aromatic nitrogens is 1. The van der Waals surface area contributed by atoms with E-state index < -0.39 is 0 Å². The van der Waals surface area contributed by atoms with Gasteiger partial charge in [-0.1, -0.05) is 0 Å². The lowest BCUT2D eigenvalue weighted by Crippen LogP contribution is -2.42. The Bertz CT molecular complexity index is 697. The maximum Gasteiger partial charge on any atom is 0.265 e. The number of furan rings is 1. The third-order valence-corrected chi connectivity index (χ3v) is 5.67. The van der Waals surface area contributed by atoms with E-state index in [0.29, 0.717) is 10.8 Å². The Labute approximate surface area is 140 Å². The van der Waals surface area contributed by atoms with Crippen LogP contribution in [0.5, 0.6) is 0 Å².